The fourth-order valence-corrected chi connectivity index (χ4v) is 4.77. The van der Waals surface area contributed by atoms with Gasteiger partial charge in [0.15, 0.2) is 0 Å². The molecule has 8 nitrogen and oxygen atoms in total. The molecule has 2 aromatic carbocycles. The summed E-state index contributed by atoms with van der Waals surface area (Å²) in [6.07, 6.45) is -3.38. The number of ketones is 1. The molecule has 2 N–H and O–H groups in total. The minimum Gasteiger partial charge on any atom is -0.357 e. The first kappa shape index (κ1) is 27.0. The molecular formula is C27H26F3N3O5. The molecule has 0 bridgehead atoms. The average Bonchev–Trinajstić information content (AvgIpc) is 3.67. The number of alkyl halides is 3. The van der Waals surface area contributed by atoms with E-state index in [9.17, 15) is 37.1 Å². The maximum atomic E-state index is 13.3. The number of hydrogen-bond donors (Lipinski definition) is 2. The second kappa shape index (κ2) is 10.4. The van der Waals surface area contributed by atoms with Crippen LogP contribution >= 0.6 is 0 Å². The molecule has 0 aromatic heterocycles. The maximum Gasteiger partial charge on any atom is 0.398 e. The van der Waals surface area contributed by atoms with Gasteiger partial charge in [0.25, 0.3) is 11.8 Å². The van der Waals surface area contributed by atoms with Gasteiger partial charge in [0, 0.05) is 37.7 Å². The van der Waals surface area contributed by atoms with E-state index in [0.717, 1.165) is 0 Å². The van der Waals surface area contributed by atoms with Crippen LogP contribution in [0.2, 0.25) is 0 Å². The summed E-state index contributed by atoms with van der Waals surface area (Å²) in [5, 5.41) is 5.01. The molecule has 1 saturated carbocycles. The molecule has 1 aliphatic carbocycles. The van der Waals surface area contributed by atoms with Crippen molar-refractivity contribution in [2.24, 2.45) is 0 Å². The summed E-state index contributed by atoms with van der Waals surface area (Å²) in [6.45, 7) is 0.128. The van der Waals surface area contributed by atoms with E-state index in [1.807, 2.05) is 0 Å². The molecule has 4 rings (SSSR count). The van der Waals surface area contributed by atoms with Crippen LogP contribution in [-0.2, 0) is 32.9 Å². The fraction of sp³-hybridized carbons (Fsp3) is 0.370. The number of nitrogens with zero attached hydrogens (tertiary/aromatic N) is 1. The zero-order valence-corrected chi connectivity index (χ0v) is 20.6. The van der Waals surface area contributed by atoms with E-state index in [1.165, 1.54) is 36.2 Å². The highest BCUT2D eigenvalue weighted by atomic mass is 19.4. The van der Waals surface area contributed by atoms with Crippen LogP contribution in [0, 0.1) is 0 Å². The van der Waals surface area contributed by atoms with Crippen molar-refractivity contribution in [2.75, 3.05) is 7.05 Å². The molecule has 200 valence electrons. The summed E-state index contributed by atoms with van der Waals surface area (Å²) < 4.78 is 39.9. The van der Waals surface area contributed by atoms with Crippen LogP contribution in [0.25, 0.3) is 0 Å². The Hall–Kier alpha value is -4.02. The number of amides is 3. The van der Waals surface area contributed by atoms with Crippen molar-refractivity contribution in [3.05, 3.63) is 70.3 Å². The smallest absolute Gasteiger partial charge is 0.357 e. The van der Waals surface area contributed by atoms with E-state index in [0.29, 0.717) is 23.0 Å². The molecular weight excluding hydrogens is 503 g/mol. The van der Waals surface area contributed by atoms with Gasteiger partial charge in [-0.1, -0.05) is 36.4 Å². The third-order valence-electron chi connectivity index (χ3n) is 7.14. The van der Waals surface area contributed by atoms with Crippen molar-refractivity contribution in [3.63, 3.8) is 0 Å². The lowest BCUT2D eigenvalue weighted by Gasteiger charge is -2.25. The van der Waals surface area contributed by atoms with Crippen molar-refractivity contribution in [2.45, 2.75) is 56.4 Å². The van der Waals surface area contributed by atoms with Gasteiger partial charge >= 0.3 is 6.18 Å². The molecule has 1 unspecified atom stereocenters. The van der Waals surface area contributed by atoms with Crippen molar-refractivity contribution < 1.29 is 37.1 Å². The van der Waals surface area contributed by atoms with Crippen LogP contribution in [0.5, 0.6) is 0 Å². The number of carbonyl (C=O) groups is 5. The van der Waals surface area contributed by atoms with Gasteiger partial charge in [-0.05, 0) is 42.0 Å². The van der Waals surface area contributed by atoms with Crippen LogP contribution in [-0.4, -0.2) is 54.0 Å². The number of carbonyl (C=O) groups excluding carboxylic acids is 5. The molecule has 1 atom stereocenters. The van der Waals surface area contributed by atoms with Gasteiger partial charge in [0.1, 0.15) is 12.3 Å². The first-order valence-corrected chi connectivity index (χ1v) is 12.1. The Morgan fingerprint density at radius 1 is 1.11 bits per heavy atom. The van der Waals surface area contributed by atoms with Gasteiger partial charge in [-0.25, -0.2) is 0 Å². The number of nitrogens with one attached hydrogen (secondary N) is 2. The van der Waals surface area contributed by atoms with Crippen LogP contribution < -0.4 is 10.6 Å². The number of likely N-dealkylation sites (N-methyl/N-ethyl adjacent to an activating group) is 1. The van der Waals surface area contributed by atoms with Crippen LogP contribution in [0.1, 0.15) is 63.1 Å². The summed E-state index contributed by atoms with van der Waals surface area (Å²) in [5.41, 5.74) is -0.148. The van der Waals surface area contributed by atoms with E-state index in [-0.39, 0.29) is 61.7 Å². The topological polar surface area (TPSA) is 113 Å². The minimum absolute atomic E-state index is 0.000382. The highest BCUT2D eigenvalue weighted by molar-refractivity contribution is 6.42. The van der Waals surface area contributed by atoms with Gasteiger partial charge in [-0.2, -0.15) is 13.2 Å². The number of hydrogen-bond acceptors (Lipinski definition) is 5. The van der Waals surface area contributed by atoms with Crippen molar-refractivity contribution >= 4 is 29.8 Å². The van der Waals surface area contributed by atoms with Crippen LogP contribution in [0.3, 0.4) is 0 Å². The number of Topliss-reactive ketones (excluding diaryl/α,β-unsaturated/α-hetero) is 1. The third-order valence-corrected chi connectivity index (χ3v) is 7.14. The van der Waals surface area contributed by atoms with Crippen molar-refractivity contribution in [3.8, 4) is 0 Å². The van der Waals surface area contributed by atoms with E-state index < -0.39 is 29.3 Å². The fourth-order valence-electron chi connectivity index (χ4n) is 4.77. The van der Waals surface area contributed by atoms with Crippen LogP contribution in [0.15, 0.2) is 42.5 Å². The van der Waals surface area contributed by atoms with Crippen molar-refractivity contribution in [1.29, 1.82) is 0 Å². The maximum absolute atomic E-state index is 13.3. The van der Waals surface area contributed by atoms with Gasteiger partial charge < -0.3 is 20.3 Å². The normalized spacial score (nSPS) is 16.4. The summed E-state index contributed by atoms with van der Waals surface area (Å²) in [7, 11) is 1.45. The molecule has 1 heterocycles. The molecule has 0 radical (unpaired) electrons. The molecule has 38 heavy (non-hydrogen) atoms. The number of benzene rings is 2. The third kappa shape index (κ3) is 5.05. The van der Waals surface area contributed by atoms with Gasteiger partial charge in [0.05, 0.1) is 5.41 Å². The lowest BCUT2D eigenvalue weighted by molar-refractivity contribution is -0.160. The van der Waals surface area contributed by atoms with Crippen molar-refractivity contribution in [1.82, 2.24) is 15.5 Å². The second-order valence-corrected chi connectivity index (χ2v) is 9.47. The molecule has 11 heteroatoms. The quantitative estimate of drug-likeness (QED) is 0.279. The standard InChI is InChI=1S/C27H26F3N3O5/c1-31-23(36)21(3-2-12-34)33-15-18-13-16(4-9-20(18)25(33)38)14-32-24(37)22(35)17-5-7-19(8-6-17)26(10-11-26)27(28,29)30/h4-9,12-13,21H,2-3,10-11,14-15H2,1H3,(H,31,36)(H,32,37). The molecule has 0 spiro atoms. The first-order valence-electron chi connectivity index (χ1n) is 12.1. The largest absolute Gasteiger partial charge is 0.398 e. The number of halogens is 3. The highest BCUT2D eigenvalue weighted by Crippen LogP contribution is 2.58. The Labute approximate surface area is 216 Å². The summed E-state index contributed by atoms with van der Waals surface area (Å²) in [5.74, 6) is -2.51. The zero-order chi connectivity index (χ0) is 27.7. The minimum atomic E-state index is -4.37. The summed E-state index contributed by atoms with van der Waals surface area (Å²) >= 11 is 0. The van der Waals surface area contributed by atoms with Gasteiger partial charge in [-0.3, -0.25) is 19.2 Å². The predicted molar refractivity (Wildman–Crippen MR) is 129 cm³/mol. The molecule has 3 amide bonds. The summed E-state index contributed by atoms with van der Waals surface area (Å²) in [6, 6.07) is 9.03. The average molecular weight is 530 g/mol. The highest BCUT2D eigenvalue weighted by Gasteiger charge is 2.64. The lowest BCUT2D eigenvalue weighted by atomic mass is 9.94. The van der Waals surface area contributed by atoms with Gasteiger partial charge in [-0.15, -0.1) is 0 Å². The Morgan fingerprint density at radius 2 is 1.79 bits per heavy atom. The zero-order valence-electron chi connectivity index (χ0n) is 20.6. The predicted octanol–water partition coefficient (Wildman–Crippen LogP) is 2.83. The van der Waals surface area contributed by atoms with E-state index >= 15 is 0 Å². The van der Waals surface area contributed by atoms with Crippen LogP contribution in [0.4, 0.5) is 13.2 Å². The Kier molecular flexibility index (Phi) is 7.39. The molecule has 2 aliphatic rings. The monoisotopic (exact) mass is 529 g/mol. The molecule has 2 aromatic rings. The van der Waals surface area contributed by atoms with E-state index in [4.69, 9.17) is 0 Å². The number of aldehydes is 1. The van der Waals surface area contributed by atoms with Gasteiger partial charge in [0.2, 0.25) is 11.7 Å². The number of fused-ring (bicyclic) bond motifs is 1. The second-order valence-electron chi connectivity index (χ2n) is 9.47. The van der Waals surface area contributed by atoms with E-state index in [2.05, 4.69) is 10.6 Å². The lowest BCUT2D eigenvalue weighted by Crippen LogP contribution is -2.46. The summed E-state index contributed by atoms with van der Waals surface area (Å²) in [4.78, 5) is 62.3. The Morgan fingerprint density at radius 3 is 2.37 bits per heavy atom. The first-order chi connectivity index (χ1) is 18.0. The molecule has 1 fully saturated rings. The molecule has 1 aliphatic heterocycles. The van der Waals surface area contributed by atoms with E-state index in [1.54, 1.807) is 18.2 Å². The Balaban J connectivity index is 1.39. The Bertz CT molecular complexity index is 1290. The SMILES string of the molecule is CNC(=O)C(CCC=O)N1Cc2cc(CNC(=O)C(=O)c3ccc(C4(C(F)(F)F)CC4)cc3)ccc2C1=O. The molecule has 0 saturated heterocycles. The number of rotatable bonds is 10.